The molecule has 1 atom stereocenters. The second-order valence-corrected chi connectivity index (χ2v) is 11.8. The van der Waals surface area contributed by atoms with E-state index in [0.717, 1.165) is 12.8 Å². The van der Waals surface area contributed by atoms with E-state index in [2.05, 4.69) is 20.0 Å². The van der Waals surface area contributed by atoms with Crippen LogP contribution in [0.1, 0.15) is 59.9 Å². The van der Waals surface area contributed by atoms with Crippen LogP contribution < -0.4 is 10.0 Å². The van der Waals surface area contributed by atoms with E-state index in [1.54, 1.807) is 18.2 Å². The molecule has 0 spiro atoms. The number of pyridine rings is 2. The molecule has 8 nitrogen and oxygen atoms in total. The quantitative estimate of drug-likeness (QED) is 0.388. The number of anilines is 1. The monoisotopic (exact) mass is 516 g/mol. The van der Waals surface area contributed by atoms with E-state index in [0.29, 0.717) is 35.3 Å². The van der Waals surface area contributed by atoms with Crippen LogP contribution in [0.2, 0.25) is 0 Å². The molecule has 3 N–H and O–H groups in total. The SMILES string of the molecule is CC(C)(F)CNS(=O)(=O)c1c2c(cc3c(F)nc(C4CC4)cc13)CC(Nc1ccc(C(=O)O)nc1)C2. The highest BCUT2D eigenvalue weighted by molar-refractivity contribution is 7.89. The number of benzene rings is 1. The number of sulfonamides is 1. The molecule has 190 valence electrons. The molecule has 2 aliphatic carbocycles. The van der Waals surface area contributed by atoms with Crippen molar-refractivity contribution in [1.29, 1.82) is 0 Å². The maximum atomic E-state index is 15.1. The van der Waals surface area contributed by atoms with E-state index in [9.17, 15) is 17.6 Å². The van der Waals surface area contributed by atoms with E-state index in [4.69, 9.17) is 5.11 Å². The van der Waals surface area contributed by atoms with Crippen molar-refractivity contribution in [3.63, 3.8) is 0 Å². The Hall–Kier alpha value is -3.18. The van der Waals surface area contributed by atoms with Gasteiger partial charge in [-0.3, -0.25) is 0 Å². The van der Waals surface area contributed by atoms with Crippen LogP contribution in [0.25, 0.3) is 10.8 Å². The van der Waals surface area contributed by atoms with Crippen molar-refractivity contribution in [3.8, 4) is 0 Å². The van der Waals surface area contributed by atoms with Gasteiger partial charge in [0, 0.05) is 35.0 Å². The van der Waals surface area contributed by atoms with Gasteiger partial charge >= 0.3 is 5.97 Å². The molecule has 2 aromatic heterocycles. The van der Waals surface area contributed by atoms with Gasteiger partial charge < -0.3 is 10.4 Å². The van der Waals surface area contributed by atoms with Gasteiger partial charge in [-0.05, 0) is 74.9 Å². The van der Waals surface area contributed by atoms with Gasteiger partial charge in [-0.2, -0.15) is 4.39 Å². The van der Waals surface area contributed by atoms with Crippen LogP contribution in [0, 0.1) is 5.95 Å². The molecule has 0 radical (unpaired) electrons. The van der Waals surface area contributed by atoms with Crippen molar-refractivity contribution in [2.75, 3.05) is 11.9 Å². The Labute approximate surface area is 207 Å². The third-order valence-electron chi connectivity index (χ3n) is 6.47. The van der Waals surface area contributed by atoms with E-state index in [1.165, 1.54) is 26.1 Å². The molecular weight excluding hydrogens is 490 g/mol. The molecule has 1 fully saturated rings. The van der Waals surface area contributed by atoms with Crippen LogP contribution in [0.4, 0.5) is 14.5 Å². The lowest BCUT2D eigenvalue weighted by Crippen LogP contribution is -2.36. The maximum Gasteiger partial charge on any atom is 0.354 e. The lowest BCUT2D eigenvalue weighted by molar-refractivity contribution is 0.0690. The summed E-state index contributed by atoms with van der Waals surface area (Å²) in [5.74, 6) is -1.74. The number of aromatic nitrogens is 2. The largest absolute Gasteiger partial charge is 0.477 e. The van der Waals surface area contributed by atoms with Crippen LogP contribution in [-0.4, -0.2) is 47.7 Å². The number of nitrogens with one attached hydrogen (secondary N) is 2. The summed E-state index contributed by atoms with van der Waals surface area (Å²) in [6, 6.07) is 6.03. The number of alkyl halides is 1. The zero-order valence-corrected chi connectivity index (χ0v) is 20.6. The standard InChI is InChI=1S/C25H26F2N4O4S/c1-25(2,27)12-29-36(34,35)22-17-9-16(30-15-5-6-20(24(32)33)28-11-15)7-14(17)8-19-18(22)10-21(13-3-4-13)31-23(19)26/h5-6,8,10-11,13,16,29-30H,3-4,7,9,12H2,1-2H3,(H,32,33). The molecule has 36 heavy (non-hydrogen) atoms. The molecule has 1 saturated carbocycles. The molecular formula is C25H26F2N4O4S. The first-order chi connectivity index (χ1) is 16.9. The Morgan fingerprint density at radius 1 is 1.19 bits per heavy atom. The number of nitrogens with zero attached hydrogens (tertiary/aromatic N) is 2. The smallest absolute Gasteiger partial charge is 0.354 e. The zero-order valence-electron chi connectivity index (χ0n) is 19.8. The lowest BCUT2D eigenvalue weighted by atomic mass is 10.0. The maximum absolute atomic E-state index is 15.1. The summed E-state index contributed by atoms with van der Waals surface area (Å²) in [5, 5.41) is 12.7. The Bertz CT molecular complexity index is 1470. The van der Waals surface area contributed by atoms with Gasteiger partial charge in [0.1, 0.15) is 11.4 Å². The summed E-state index contributed by atoms with van der Waals surface area (Å²) in [5.41, 5.74) is 0.451. The van der Waals surface area contributed by atoms with E-state index in [1.807, 2.05) is 0 Å². The van der Waals surface area contributed by atoms with E-state index >= 15 is 4.39 Å². The highest BCUT2D eigenvalue weighted by Crippen LogP contribution is 2.43. The summed E-state index contributed by atoms with van der Waals surface area (Å²) >= 11 is 0. The van der Waals surface area contributed by atoms with Gasteiger partial charge in [0.25, 0.3) is 0 Å². The minimum absolute atomic E-state index is 0.0360. The minimum atomic E-state index is -4.19. The molecule has 11 heteroatoms. The number of fused-ring (bicyclic) bond motifs is 2. The number of carboxylic acids is 1. The summed E-state index contributed by atoms with van der Waals surface area (Å²) in [6.07, 6.45) is 3.88. The van der Waals surface area contributed by atoms with Crippen LogP contribution in [0.3, 0.4) is 0 Å². The predicted octanol–water partition coefficient (Wildman–Crippen LogP) is 3.95. The molecule has 0 aliphatic heterocycles. The molecule has 1 aromatic carbocycles. The second-order valence-electron chi connectivity index (χ2n) is 10.1. The van der Waals surface area contributed by atoms with Gasteiger partial charge in [0.05, 0.1) is 16.8 Å². The third-order valence-corrected chi connectivity index (χ3v) is 8.00. The van der Waals surface area contributed by atoms with Crippen molar-refractivity contribution >= 4 is 32.5 Å². The summed E-state index contributed by atoms with van der Waals surface area (Å²) < 4.78 is 58.7. The van der Waals surface area contributed by atoms with Gasteiger partial charge in [-0.1, -0.05) is 0 Å². The molecule has 0 amide bonds. The first-order valence-corrected chi connectivity index (χ1v) is 13.2. The normalized spacial score (nSPS) is 17.8. The van der Waals surface area contributed by atoms with Crippen LogP contribution >= 0.6 is 0 Å². The van der Waals surface area contributed by atoms with Crippen LogP contribution in [-0.2, 0) is 22.9 Å². The fourth-order valence-corrected chi connectivity index (χ4v) is 6.28. The molecule has 3 aromatic rings. The Balaban J connectivity index is 1.56. The molecule has 2 aliphatic rings. The predicted molar refractivity (Wildman–Crippen MR) is 130 cm³/mol. The molecule has 5 rings (SSSR count). The summed E-state index contributed by atoms with van der Waals surface area (Å²) in [4.78, 5) is 19.0. The zero-order chi connectivity index (χ0) is 25.8. The number of aromatic carboxylic acids is 1. The molecule has 0 bridgehead atoms. The van der Waals surface area contributed by atoms with Gasteiger partial charge in [-0.25, -0.2) is 32.3 Å². The van der Waals surface area contributed by atoms with Gasteiger partial charge in [0.15, 0.2) is 0 Å². The van der Waals surface area contributed by atoms with Gasteiger partial charge in [-0.15, -0.1) is 0 Å². The first kappa shape index (κ1) is 24.5. The van der Waals surface area contributed by atoms with Crippen LogP contribution in [0.5, 0.6) is 0 Å². The molecule has 0 saturated heterocycles. The fraction of sp³-hybridized carbons (Fsp3) is 0.400. The first-order valence-electron chi connectivity index (χ1n) is 11.7. The summed E-state index contributed by atoms with van der Waals surface area (Å²) in [6.45, 7) is 2.13. The topological polar surface area (TPSA) is 121 Å². The number of carboxylic acid groups (broad SMARTS) is 1. The minimum Gasteiger partial charge on any atom is -0.477 e. The van der Waals surface area contributed by atoms with E-state index < -0.39 is 34.2 Å². The van der Waals surface area contributed by atoms with Gasteiger partial charge in [0.2, 0.25) is 16.0 Å². The number of halogens is 2. The highest BCUT2D eigenvalue weighted by Gasteiger charge is 2.34. The van der Waals surface area contributed by atoms with E-state index in [-0.39, 0.29) is 33.3 Å². The average molecular weight is 517 g/mol. The Morgan fingerprint density at radius 3 is 2.56 bits per heavy atom. The lowest BCUT2D eigenvalue weighted by Gasteiger charge is -2.19. The third kappa shape index (κ3) is 4.90. The van der Waals surface area contributed by atoms with Crippen LogP contribution in [0.15, 0.2) is 35.4 Å². The number of hydrogen-bond donors (Lipinski definition) is 3. The number of rotatable bonds is 8. The average Bonchev–Trinajstić information content (AvgIpc) is 3.57. The molecule has 1 unspecified atom stereocenters. The Morgan fingerprint density at radius 2 is 1.94 bits per heavy atom. The molecule has 2 heterocycles. The number of hydrogen-bond acceptors (Lipinski definition) is 6. The van der Waals surface area contributed by atoms with Crippen molar-refractivity contribution in [1.82, 2.24) is 14.7 Å². The highest BCUT2D eigenvalue weighted by atomic mass is 32.2. The fourth-order valence-electron chi connectivity index (χ4n) is 4.60. The Kier molecular flexibility index (Phi) is 5.95. The summed E-state index contributed by atoms with van der Waals surface area (Å²) in [7, 11) is -4.19. The van der Waals surface area contributed by atoms with Crippen molar-refractivity contribution in [2.45, 2.75) is 62.1 Å². The van der Waals surface area contributed by atoms with Crippen molar-refractivity contribution < 1.29 is 27.1 Å². The number of carbonyl (C=O) groups is 1. The van der Waals surface area contributed by atoms with Crippen molar-refractivity contribution in [3.05, 3.63) is 58.9 Å². The van der Waals surface area contributed by atoms with Crippen molar-refractivity contribution in [2.24, 2.45) is 0 Å². The second kappa shape index (κ2) is 8.74.